The molecular formula is C32H29ClN2O6S. The molecule has 0 radical (unpaired) electrons. The van der Waals surface area contributed by atoms with Gasteiger partial charge in [-0.1, -0.05) is 35.9 Å². The Morgan fingerprint density at radius 3 is 2.71 bits per heavy atom. The van der Waals surface area contributed by atoms with Gasteiger partial charge in [-0.05, 0) is 79.9 Å². The number of thiazole rings is 1. The third-order valence-electron chi connectivity index (χ3n) is 7.20. The maximum atomic E-state index is 13.7. The van der Waals surface area contributed by atoms with Crippen molar-refractivity contribution in [1.29, 1.82) is 0 Å². The summed E-state index contributed by atoms with van der Waals surface area (Å²) in [7, 11) is 0. The Labute approximate surface area is 252 Å². The number of aliphatic hydroxyl groups is 1. The van der Waals surface area contributed by atoms with E-state index in [2.05, 4.69) is 4.98 Å². The molecule has 8 nitrogen and oxygen atoms in total. The first-order valence-corrected chi connectivity index (χ1v) is 15.0. The molecular weight excluding hydrogens is 576 g/mol. The molecule has 4 aromatic rings. The van der Waals surface area contributed by atoms with Crippen molar-refractivity contribution in [3.05, 3.63) is 81.9 Å². The Morgan fingerprint density at radius 2 is 1.93 bits per heavy atom. The Balaban J connectivity index is 1.53. The van der Waals surface area contributed by atoms with Gasteiger partial charge in [0.15, 0.2) is 16.6 Å². The monoisotopic (exact) mass is 604 g/mol. The van der Waals surface area contributed by atoms with Crippen LogP contribution in [0.15, 0.2) is 60.2 Å². The van der Waals surface area contributed by atoms with Gasteiger partial charge in [0.1, 0.15) is 17.6 Å². The molecule has 10 heteroatoms. The second-order valence-electron chi connectivity index (χ2n) is 10.2. The average molecular weight is 605 g/mol. The van der Waals surface area contributed by atoms with Crippen LogP contribution in [0, 0.1) is 0 Å². The van der Waals surface area contributed by atoms with Gasteiger partial charge in [0.25, 0.3) is 5.78 Å². The number of hydrogen-bond acceptors (Lipinski definition) is 8. The van der Waals surface area contributed by atoms with Gasteiger partial charge in [0, 0.05) is 17.0 Å². The predicted octanol–water partition coefficient (Wildman–Crippen LogP) is 7.09. The van der Waals surface area contributed by atoms with Crippen molar-refractivity contribution in [1.82, 2.24) is 4.98 Å². The van der Waals surface area contributed by atoms with E-state index in [1.54, 1.807) is 48.5 Å². The van der Waals surface area contributed by atoms with Gasteiger partial charge in [0.2, 0.25) is 0 Å². The fourth-order valence-electron chi connectivity index (χ4n) is 5.35. The van der Waals surface area contributed by atoms with Gasteiger partial charge in [-0.2, -0.15) is 0 Å². The number of carbonyl (C=O) groups is 2. The molecule has 1 aromatic heterocycles. The van der Waals surface area contributed by atoms with Crippen LogP contribution in [0.25, 0.3) is 16.0 Å². The SMILES string of the molecule is CCCOc1ccc([C@@H]2/C(=C(\O)c3ccc4c(c3)C[C@H](C)O4)C(=O)C(=O)N2c2nc3ccc(Cl)cc3s2)cc1OCC. The van der Waals surface area contributed by atoms with E-state index in [1.165, 1.54) is 16.2 Å². The lowest BCUT2D eigenvalue weighted by Crippen LogP contribution is -2.29. The minimum atomic E-state index is -0.969. The topological polar surface area (TPSA) is 98.2 Å². The number of fused-ring (bicyclic) bond motifs is 2. The van der Waals surface area contributed by atoms with Crippen molar-refractivity contribution in [2.24, 2.45) is 0 Å². The Kier molecular flexibility index (Phi) is 7.55. The first kappa shape index (κ1) is 28.1. The maximum absolute atomic E-state index is 13.7. The zero-order chi connectivity index (χ0) is 29.5. The van der Waals surface area contributed by atoms with E-state index in [4.69, 9.17) is 25.8 Å². The number of anilines is 1. The summed E-state index contributed by atoms with van der Waals surface area (Å²) >= 11 is 7.46. The zero-order valence-corrected chi connectivity index (χ0v) is 24.9. The largest absolute Gasteiger partial charge is 0.507 e. The van der Waals surface area contributed by atoms with E-state index in [9.17, 15) is 14.7 Å². The van der Waals surface area contributed by atoms with E-state index in [1.807, 2.05) is 26.8 Å². The second kappa shape index (κ2) is 11.3. The number of hydrogen-bond donors (Lipinski definition) is 1. The number of ether oxygens (including phenoxy) is 3. The summed E-state index contributed by atoms with van der Waals surface area (Å²) in [6.07, 6.45) is 1.51. The normalized spacial score (nSPS) is 19.3. The lowest BCUT2D eigenvalue weighted by molar-refractivity contribution is -0.132. The minimum absolute atomic E-state index is 0.0148. The highest BCUT2D eigenvalue weighted by Crippen LogP contribution is 2.46. The number of benzene rings is 3. The molecule has 42 heavy (non-hydrogen) atoms. The molecule has 6 rings (SSSR count). The summed E-state index contributed by atoms with van der Waals surface area (Å²) in [6.45, 7) is 6.75. The van der Waals surface area contributed by atoms with Crippen molar-refractivity contribution in [3.63, 3.8) is 0 Å². The molecule has 0 unspecified atom stereocenters. The zero-order valence-electron chi connectivity index (χ0n) is 23.3. The number of rotatable bonds is 8. The minimum Gasteiger partial charge on any atom is -0.507 e. The van der Waals surface area contributed by atoms with Crippen LogP contribution in [-0.2, 0) is 16.0 Å². The van der Waals surface area contributed by atoms with Crippen LogP contribution < -0.4 is 19.1 Å². The average Bonchev–Trinajstić information content (AvgIpc) is 3.63. The second-order valence-corrected chi connectivity index (χ2v) is 11.7. The lowest BCUT2D eigenvalue weighted by atomic mass is 9.94. The summed E-state index contributed by atoms with van der Waals surface area (Å²) in [5.74, 6) is -0.0707. The smallest absolute Gasteiger partial charge is 0.301 e. The van der Waals surface area contributed by atoms with Gasteiger partial charge in [0.05, 0.1) is 35.0 Å². The molecule has 0 aliphatic carbocycles. The summed E-state index contributed by atoms with van der Waals surface area (Å²) < 4.78 is 18.4. The van der Waals surface area contributed by atoms with E-state index in [0.717, 1.165) is 22.4 Å². The van der Waals surface area contributed by atoms with Gasteiger partial charge < -0.3 is 19.3 Å². The summed E-state index contributed by atoms with van der Waals surface area (Å²) in [6, 6.07) is 14.9. The van der Waals surface area contributed by atoms with Crippen molar-refractivity contribution >= 4 is 55.7 Å². The van der Waals surface area contributed by atoms with Crippen LogP contribution in [0.2, 0.25) is 5.02 Å². The maximum Gasteiger partial charge on any atom is 0.301 e. The third kappa shape index (κ3) is 4.97. The number of carbonyl (C=O) groups excluding carboxylic acids is 2. The first-order chi connectivity index (χ1) is 20.3. The summed E-state index contributed by atoms with van der Waals surface area (Å²) in [4.78, 5) is 33.5. The van der Waals surface area contributed by atoms with Crippen molar-refractivity contribution in [2.75, 3.05) is 18.1 Å². The fourth-order valence-corrected chi connectivity index (χ4v) is 6.62. The molecule has 1 amide bonds. The van der Waals surface area contributed by atoms with Gasteiger partial charge in [-0.25, -0.2) is 4.98 Å². The molecule has 1 N–H and O–H groups in total. The molecule has 3 aromatic carbocycles. The van der Waals surface area contributed by atoms with E-state index in [0.29, 0.717) is 57.9 Å². The lowest BCUT2D eigenvalue weighted by Gasteiger charge is -2.24. The van der Waals surface area contributed by atoms with Gasteiger partial charge in [-0.3, -0.25) is 14.5 Å². The number of aromatic nitrogens is 1. The van der Waals surface area contributed by atoms with Crippen LogP contribution in [0.3, 0.4) is 0 Å². The van der Waals surface area contributed by atoms with Crippen molar-refractivity contribution < 1.29 is 28.9 Å². The highest BCUT2D eigenvalue weighted by Gasteiger charge is 2.48. The molecule has 2 atom stereocenters. The van der Waals surface area contributed by atoms with Crippen molar-refractivity contribution in [2.45, 2.75) is 45.8 Å². The fraction of sp³-hybridized carbons (Fsp3) is 0.281. The number of amides is 1. The van der Waals surface area contributed by atoms with Crippen LogP contribution in [-0.4, -0.2) is 41.1 Å². The van der Waals surface area contributed by atoms with E-state index >= 15 is 0 Å². The van der Waals surface area contributed by atoms with Crippen molar-refractivity contribution in [3.8, 4) is 17.2 Å². The highest BCUT2D eigenvalue weighted by atomic mass is 35.5. The summed E-state index contributed by atoms with van der Waals surface area (Å²) in [5, 5.41) is 12.5. The number of aliphatic hydroxyl groups excluding tert-OH is 1. The molecule has 0 bridgehead atoms. The number of nitrogens with zero attached hydrogens (tertiary/aromatic N) is 2. The first-order valence-electron chi connectivity index (χ1n) is 13.9. The Morgan fingerprint density at radius 1 is 1.10 bits per heavy atom. The quantitative estimate of drug-likeness (QED) is 0.130. The van der Waals surface area contributed by atoms with E-state index in [-0.39, 0.29) is 17.4 Å². The van der Waals surface area contributed by atoms with Crippen LogP contribution in [0.5, 0.6) is 17.2 Å². The van der Waals surface area contributed by atoms with Crippen LogP contribution in [0.1, 0.15) is 49.9 Å². The van der Waals surface area contributed by atoms with Gasteiger partial charge in [-0.15, -0.1) is 0 Å². The highest BCUT2D eigenvalue weighted by molar-refractivity contribution is 7.22. The molecule has 2 aliphatic rings. The summed E-state index contributed by atoms with van der Waals surface area (Å²) in [5.41, 5.74) is 2.54. The van der Waals surface area contributed by atoms with E-state index < -0.39 is 17.7 Å². The number of Topliss-reactive ketones (excluding diaryl/α,β-unsaturated/α-hetero) is 1. The molecule has 1 fully saturated rings. The van der Waals surface area contributed by atoms with Crippen LogP contribution >= 0.6 is 22.9 Å². The number of ketones is 1. The Bertz CT molecular complexity index is 1750. The predicted molar refractivity (Wildman–Crippen MR) is 163 cm³/mol. The molecule has 216 valence electrons. The number of halogens is 1. The third-order valence-corrected chi connectivity index (χ3v) is 8.46. The van der Waals surface area contributed by atoms with Crippen LogP contribution in [0.4, 0.5) is 5.13 Å². The Hall–Kier alpha value is -4.08. The molecule has 3 heterocycles. The molecule has 2 aliphatic heterocycles. The standard InChI is InChI=1S/C32H29ClN2O6S/c1-4-12-40-24-11-6-18(15-25(24)39-5-2)28-27(29(36)19-7-10-23-20(14-19)13-17(3)41-23)30(37)31(38)35(28)32-34-22-9-8-21(33)16-26(22)42-32/h6-11,14-17,28,36H,4-5,12-13H2,1-3H3/b29-27+/t17-,28+/m0/s1. The molecule has 0 spiro atoms. The molecule has 0 saturated carbocycles. The molecule has 1 saturated heterocycles. The van der Waals surface area contributed by atoms with Gasteiger partial charge >= 0.3 is 5.91 Å².